The predicted octanol–water partition coefficient (Wildman–Crippen LogP) is 3.08. The first-order valence-corrected chi connectivity index (χ1v) is 9.57. The van der Waals surface area contributed by atoms with Gasteiger partial charge in [0.25, 0.3) is 0 Å². The first-order valence-electron chi connectivity index (χ1n) is 9.57. The molecule has 4 rings (SSSR count). The first-order chi connectivity index (χ1) is 15.0. The normalized spacial score (nSPS) is 20.1. The molecule has 2 aliphatic rings. The number of hydrogen-bond donors (Lipinski definition) is 1. The zero-order valence-corrected chi connectivity index (χ0v) is 16.8. The molecule has 2 saturated heterocycles. The molecular weight excluding hydrogens is 439 g/mol. The van der Waals surface area contributed by atoms with Gasteiger partial charge in [0.2, 0.25) is 5.91 Å². The number of carbonyl (C=O) groups is 2. The van der Waals surface area contributed by atoms with Crippen LogP contribution >= 0.6 is 0 Å². The van der Waals surface area contributed by atoms with Crippen LogP contribution < -0.4 is 4.90 Å². The molecule has 0 bridgehead atoms. The summed E-state index contributed by atoms with van der Waals surface area (Å²) in [5.41, 5.74) is 1.32. The van der Waals surface area contributed by atoms with Gasteiger partial charge >= 0.3 is 12.1 Å². The zero-order valence-electron chi connectivity index (χ0n) is 16.8. The molecule has 1 aromatic carbocycles. The average Bonchev–Trinajstić information content (AvgIpc) is 3.21. The van der Waals surface area contributed by atoms with Crippen LogP contribution in [-0.4, -0.2) is 56.9 Å². The lowest BCUT2D eigenvalue weighted by molar-refractivity contribution is -0.192. The Balaban J connectivity index is 0.000000360. The highest BCUT2D eigenvalue weighted by Crippen LogP contribution is 2.35. The van der Waals surface area contributed by atoms with Gasteiger partial charge in [-0.1, -0.05) is 0 Å². The fourth-order valence-corrected chi connectivity index (χ4v) is 3.86. The highest BCUT2D eigenvalue weighted by molar-refractivity contribution is 5.81. The standard InChI is InChI=1S/C18H18F2N4O.C2HF3O2/c1-11-2-3-17(22-21-11)23-5-4-15-16(23)9-18(25)24(15)10-12-6-13(19)8-14(20)7-12;3-2(4,5)1(6)7/h2-3,6-8,15-16H,4-5,9-10H2,1H3;(H,6,7)/t15-,16-;/m0./s1. The highest BCUT2D eigenvalue weighted by atomic mass is 19.4. The van der Waals surface area contributed by atoms with E-state index in [0.29, 0.717) is 12.0 Å². The van der Waals surface area contributed by atoms with E-state index in [2.05, 4.69) is 15.1 Å². The van der Waals surface area contributed by atoms with Gasteiger partial charge < -0.3 is 14.9 Å². The maximum Gasteiger partial charge on any atom is 0.490 e. The second-order valence-corrected chi connectivity index (χ2v) is 7.46. The van der Waals surface area contributed by atoms with Crippen molar-refractivity contribution < 1.29 is 36.6 Å². The number of aryl methyl sites for hydroxylation is 1. The summed E-state index contributed by atoms with van der Waals surface area (Å²) in [7, 11) is 0. The van der Waals surface area contributed by atoms with E-state index in [4.69, 9.17) is 9.90 Å². The number of aromatic nitrogens is 2. The fourth-order valence-electron chi connectivity index (χ4n) is 3.86. The van der Waals surface area contributed by atoms with E-state index < -0.39 is 23.8 Å². The fraction of sp³-hybridized carbons (Fsp3) is 0.400. The van der Waals surface area contributed by atoms with E-state index in [-0.39, 0.29) is 24.5 Å². The Morgan fingerprint density at radius 3 is 2.28 bits per heavy atom. The zero-order chi connectivity index (χ0) is 23.6. The number of benzene rings is 1. The number of carbonyl (C=O) groups excluding carboxylic acids is 1. The largest absolute Gasteiger partial charge is 0.490 e. The Hall–Kier alpha value is -3.31. The van der Waals surface area contributed by atoms with Crippen LogP contribution in [0.5, 0.6) is 0 Å². The molecule has 1 aromatic heterocycles. The summed E-state index contributed by atoms with van der Waals surface area (Å²) in [6.07, 6.45) is -3.89. The number of carboxylic acid groups (broad SMARTS) is 1. The number of fused-ring (bicyclic) bond motifs is 1. The molecule has 0 aliphatic carbocycles. The molecule has 2 atom stereocenters. The minimum absolute atomic E-state index is 0.00411. The van der Waals surface area contributed by atoms with Crippen LogP contribution in [-0.2, 0) is 16.1 Å². The van der Waals surface area contributed by atoms with Gasteiger partial charge in [0.15, 0.2) is 5.82 Å². The van der Waals surface area contributed by atoms with Crippen molar-refractivity contribution in [2.45, 2.75) is 44.6 Å². The lowest BCUT2D eigenvalue weighted by atomic mass is 10.1. The number of amides is 1. The van der Waals surface area contributed by atoms with Crippen LogP contribution in [0.25, 0.3) is 0 Å². The monoisotopic (exact) mass is 458 g/mol. The maximum absolute atomic E-state index is 13.4. The summed E-state index contributed by atoms with van der Waals surface area (Å²) in [5, 5.41) is 15.4. The van der Waals surface area contributed by atoms with Crippen molar-refractivity contribution >= 4 is 17.7 Å². The summed E-state index contributed by atoms with van der Waals surface area (Å²) in [6, 6.07) is 7.28. The van der Waals surface area contributed by atoms with E-state index >= 15 is 0 Å². The van der Waals surface area contributed by atoms with Crippen molar-refractivity contribution in [1.29, 1.82) is 0 Å². The van der Waals surface area contributed by atoms with Crippen LogP contribution in [0, 0.1) is 18.6 Å². The highest BCUT2D eigenvalue weighted by Gasteiger charge is 2.47. The number of likely N-dealkylation sites (tertiary alicyclic amines) is 1. The first kappa shape index (κ1) is 23.4. The van der Waals surface area contributed by atoms with Gasteiger partial charge in [-0.2, -0.15) is 18.3 Å². The average molecular weight is 458 g/mol. The smallest absolute Gasteiger partial charge is 0.475 e. The molecule has 32 heavy (non-hydrogen) atoms. The Bertz CT molecular complexity index is 979. The number of anilines is 1. The molecule has 3 heterocycles. The molecule has 2 aliphatic heterocycles. The molecular formula is C20H19F5N4O3. The molecule has 0 unspecified atom stereocenters. The molecule has 2 aromatic rings. The number of alkyl halides is 3. The van der Waals surface area contributed by atoms with Gasteiger partial charge in [-0.25, -0.2) is 13.6 Å². The summed E-state index contributed by atoms with van der Waals surface area (Å²) < 4.78 is 58.6. The van der Waals surface area contributed by atoms with E-state index in [0.717, 1.165) is 30.5 Å². The number of halogens is 5. The van der Waals surface area contributed by atoms with Crippen LogP contribution in [0.2, 0.25) is 0 Å². The van der Waals surface area contributed by atoms with Crippen molar-refractivity contribution in [1.82, 2.24) is 15.1 Å². The Morgan fingerprint density at radius 1 is 1.12 bits per heavy atom. The van der Waals surface area contributed by atoms with Gasteiger partial charge in [-0.15, -0.1) is 5.10 Å². The van der Waals surface area contributed by atoms with Crippen molar-refractivity contribution in [3.05, 3.63) is 53.2 Å². The molecule has 2 fully saturated rings. The number of aliphatic carboxylic acids is 1. The van der Waals surface area contributed by atoms with E-state index in [1.807, 2.05) is 19.1 Å². The summed E-state index contributed by atoms with van der Waals surface area (Å²) in [5.74, 6) is -3.23. The van der Waals surface area contributed by atoms with Crippen LogP contribution in [0.4, 0.5) is 27.8 Å². The quantitative estimate of drug-likeness (QED) is 0.712. The lowest BCUT2D eigenvalue weighted by Gasteiger charge is -2.26. The van der Waals surface area contributed by atoms with E-state index in [9.17, 15) is 26.7 Å². The number of rotatable bonds is 3. The van der Waals surface area contributed by atoms with E-state index in [1.54, 1.807) is 4.90 Å². The van der Waals surface area contributed by atoms with Crippen molar-refractivity contribution in [3.8, 4) is 0 Å². The third kappa shape index (κ3) is 5.29. The minimum Gasteiger partial charge on any atom is -0.475 e. The van der Waals surface area contributed by atoms with Crippen molar-refractivity contribution in [3.63, 3.8) is 0 Å². The summed E-state index contributed by atoms with van der Waals surface area (Å²) in [4.78, 5) is 25.2. The number of hydrogen-bond acceptors (Lipinski definition) is 5. The second kappa shape index (κ2) is 9.05. The number of nitrogens with zero attached hydrogens (tertiary/aromatic N) is 4. The van der Waals surface area contributed by atoms with Gasteiger partial charge in [-0.3, -0.25) is 4.79 Å². The molecule has 1 N–H and O–H groups in total. The predicted molar refractivity (Wildman–Crippen MR) is 102 cm³/mol. The van der Waals surface area contributed by atoms with Gasteiger partial charge in [0, 0.05) is 25.6 Å². The Labute approximate surface area is 179 Å². The topological polar surface area (TPSA) is 86.6 Å². The third-order valence-corrected chi connectivity index (χ3v) is 5.21. The SMILES string of the molecule is Cc1ccc(N2CC[C@H]3[C@@H]2CC(=O)N3Cc2cc(F)cc(F)c2)nn1.O=C(O)C(F)(F)F. The molecule has 172 valence electrons. The van der Waals surface area contributed by atoms with Gasteiger partial charge in [-0.05, 0) is 43.2 Å². The second-order valence-electron chi connectivity index (χ2n) is 7.46. The minimum atomic E-state index is -5.08. The van der Waals surface area contributed by atoms with Crippen LogP contribution in [0.15, 0.2) is 30.3 Å². The molecule has 1 amide bonds. The molecule has 0 radical (unpaired) electrons. The van der Waals surface area contributed by atoms with Crippen LogP contribution in [0.1, 0.15) is 24.1 Å². The summed E-state index contributed by atoms with van der Waals surface area (Å²) in [6.45, 7) is 2.89. The third-order valence-electron chi connectivity index (χ3n) is 5.21. The Morgan fingerprint density at radius 2 is 1.75 bits per heavy atom. The molecule has 12 heteroatoms. The summed E-state index contributed by atoms with van der Waals surface area (Å²) >= 11 is 0. The molecule has 7 nitrogen and oxygen atoms in total. The van der Waals surface area contributed by atoms with Crippen molar-refractivity contribution in [2.75, 3.05) is 11.4 Å². The van der Waals surface area contributed by atoms with Crippen molar-refractivity contribution in [2.24, 2.45) is 0 Å². The van der Waals surface area contributed by atoms with Gasteiger partial charge in [0.1, 0.15) is 11.6 Å². The van der Waals surface area contributed by atoms with Gasteiger partial charge in [0.05, 0.1) is 17.8 Å². The van der Waals surface area contributed by atoms with E-state index in [1.165, 1.54) is 12.1 Å². The van der Waals surface area contributed by atoms with Crippen LogP contribution in [0.3, 0.4) is 0 Å². The lowest BCUT2D eigenvalue weighted by Crippen LogP contribution is -2.37. The molecule has 0 saturated carbocycles. The number of carboxylic acids is 1. The Kier molecular flexibility index (Phi) is 6.60. The maximum atomic E-state index is 13.4. The molecule has 0 spiro atoms.